The summed E-state index contributed by atoms with van der Waals surface area (Å²) >= 11 is 0. The molecule has 1 N–H and O–H groups in total. The molecule has 0 aliphatic rings. The van der Waals surface area contributed by atoms with Crippen LogP contribution in [0, 0.1) is 13.8 Å². The third-order valence-electron chi connectivity index (χ3n) is 4.35. The second kappa shape index (κ2) is 5.45. The third kappa shape index (κ3) is 2.25. The van der Waals surface area contributed by atoms with Gasteiger partial charge in [0, 0.05) is 11.8 Å². The Morgan fingerprint density at radius 1 is 0.962 bits per heavy atom. The first-order valence-electron chi connectivity index (χ1n) is 8.29. The van der Waals surface area contributed by atoms with Crippen molar-refractivity contribution in [3.8, 4) is 22.9 Å². The van der Waals surface area contributed by atoms with Crippen LogP contribution in [0.3, 0.4) is 0 Å². The molecule has 0 bridgehead atoms. The molecular weight excluding hydrogens is 326 g/mol. The van der Waals surface area contributed by atoms with Gasteiger partial charge in [-0.15, -0.1) is 5.10 Å². The van der Waals surface area contributed by atoms with E-state index < -0.39 is 0 Å². The van der Waals surface area contributed by atoms with E-state index in [2.05, 4.69) is 30.0 Å². The SMILES string of the molecule is Cc1ncc(C)n2nc(-c3cc4nc(-c5ccccc5)[nH]c4cn3)nc12. The number of pyridine rings is 1. The van der Waals surface area contributed by atoms with E-state index in [9.17, 15) is 0 Å². The maximum absolute atomic E-state index is 4.69. The van der Waals surface area contributed by atoms with E-state index >= 15 is 0 Å². The summed E-state index contributed by atoms with van der Waals surface area (Å²) in [5.41, 5.74) is 5.94. The maximum atomic E-state index is 4.69. The highest BCUT2D eigenvalue weighted by molar-refractivity contribution is 5.81. The van der Waals surface area contributed by atoms with Crippen molar-refractivity contribution in [2.75, 3.05) is 0 Å². The van der Waals surface area contributed by atoms with Gasteiger partial charge in [0.2, 0.25) is 5.82 Å². The molecule has 4 aromatic heterocycles. The number of H-pyrrole nitrogens is 1. The molecule has 0 amide bonds. The second-order valence-corrected chi connectivity index (χ2v) is 6.19. The fourth-order valence-corrected chi connectivity index (χ4v) is 2.97. The molecule has 0 fully saturated rings. The highest BCUT2D eigenvalue weighted by atomic mass is 15.3. The minimum atomic E-state index is 0.565. The van der Waals surface area contributed by atoms with E-state index in [1.165, 1.54) is 0 Å². The zero-order valence-corrected chi connectivity index (χ0v) is 14.3. The lowest BCUT2D eigenvalue weighted by atomic mass is 10.2. The van der Waals surface area contributed by atoms with Gasteiger partial charge in [-0.3, -0.25) is 9.97 Å². The number of aromatic amines is 1. The van der Waals surface area contributed by atoms with Gasteiger partial charge in [0.05, 0.1) is 28.6 Å². The smallest absolute Gasteiger partial charge is 0.200 e. The highest BCUT2D eigenvalue weighted by Crippen LogP contribution is 2.23. The molecule has 5 rings (SSSR count). The Morgan fingerprint density at radius 3 is 2.62 bits per heavy atom. The predicted molar refractivity (Wildman–Crippen MR) is 98.6 cm³/mol. The molecule has 0 unspecified atom stereocenters. The predicted octanol–water partition coefficient (Wildman–Crippen LogP) is 3.35. The molecule has 0 radical (unpaired) electrons. The van der Waals surface area contributed by atoms with Crippen molar-refractivity contribution in [2.24, 2.45) is 0 Å². The molecule has 0 aliphatic heterocycles. The molecule has 0 spiro atoms. The first-order chi connectivity index (χ1) is 12.7. The average Bonchev–Trinajstić information content (AvgIpc) is 3.30. The number of rotatable bonds is 2. The average molecular weight is 341 g/mol. The van der Waals surface area contributed by atoms with Crippen LogP contribution in [-0.2, 0) is 0 Å². The van der Waals surface area contributed by atoms with Crippen molar-refractivity contribution < 1.29 is 0 Å². The quantitative estimate of drug-likeness (QED) is 0.532. The van der Waals surface area contributed by atoms with Crippen LogP contribution in [0.15, 0.2) is 48.8 Å². The Kier molecular flexibility index (Phi) is 3.08. The lowest BCUT2D eigenvalue weighted by Gasteiger charge is -1.97. The van der Waals surface area contributed by atoms with Crippen molar-refractivity contribution in [2.45, 2.75) is 13.8 Å². The zero-order chi connectivity index (χ0) is 17.7. The number of nitrogens with zero attached hydrogens (tertiary/aromatic N) is 6. The van der Waals surface area contributed by atoms with Crippen LogP contribution in [0.25, 0.3) is 39.6 Å². The number of benzene rings is 1. The summed E-state index contributed by atoms with van der Waals surface area (Å²) < 4.78 is 1.80. The van der Waals surface area contributed by atoms with Gasteiger partial charge in [-0.1, -0.05) is 30.3 Å². The van der Waals surface area contributed by atoms with Crippen molar-refractivity contribution in [1.82, 2.24) is 34.5 Å². The van der Waals surface area contributed by atoms with Gasteiger partial charge in [0.25, 0.3) is 0 Å². The summed E-state index contributed by atoms with van der Waals surface area (Å²) in [6, 6.07) is 11.9. The fraction of sp³-hybridized carbons (Fsp3) is 0.105. The molecule has 0 aliphatic carbocycles. The van der Waals surface area contributed by atoms with E-state index in [0.717, 1.165) is 39.5 Å². The van der Waals surface area contributed by atoms with E-state index in [1.54, 1.807) is 16.9 Å². The van der Waals surface area contributed by atoms with Crippen LogP contribution in [0.2, 0.25) is 0 Å². The minimum absolute atomic E-state index is 0.565. The molecule has 7 nitrogen and oxygen atoms in total. The summed E-state index contributed by atoms with van der Waals surface area (Å²) in [5, 5.41) is 4.58. The normalized spacial score (nSPS) is 11.5. The van der Waals surface area contributed by atoms with Gasteiger partial charge >= 0.3 is 0 Å². The van der Waals surface area contributed by atoms with Gasteiger partial charge in [-0.25, -0.2) is 14.5 Å². The number of fused-ring (bicyclic) bond motifs is 2. The third-order valence-corrected chi connectivity index (χ3v) is 4.35. The van der Waals surface area contributed by atoms with Gasteiger partial charge in [0.15, 0.2) is 5.65 Å². The molecule has 1 aromatic carbocycles. The summed E-state index contributed by atoms with van der Waals surface area (Å²) in [7, 11) is 0. The number of aromatic nitrogens is 7. The Labute approximate surface area is 148 Å². The number of imidazole rings is 1. The summed E-state index contributed by atoms with van der Waals surface area (Å²) in [4.78, 5) is 21.4. The van der Waals surface area contributed by atoms with Crippen molar-refractivity contribution in [3.63, 3.8) is 0 Å². The zero-order valence-electron chi connectivity index (χ0n) is 14.3. The summed E-state index contributed by atoms with van der Waals surface area (Å²) in [6.07, 6.45) is 3.56. The molecule has 126 valence electrons. The largest absolute Gasteiger partial charge is 0.337 e. The lowest BCUT2D eigenvalue weighted by Crippen LogP contribution is -1.97. The minimum Gasteiger partial charge on any atom is -0.337 e. The van der Waals surface area contributed by atoms with Gasteiger partial charge < -0.3 is 4.98 Å². The number of hydrogen-bond donors (Lipinski definition) is 1. The van der Waals surface area contributed by atoms with Crippen LogP contribution < -0.4 is 0 Å². The highest BCUT2D eigenvalue weighted by Gasteiger charge is 2.13. The fourth-order valence-electron chi connectivity index (χ4n) is 2.97. The van der Waals surface area contributed by atoms with Gasteiger partial charge in [-0.05, 0) is 19.9 Å². The topological polar surface area (TPSA) is 84.6 Å². The maximum Gasteiger partial charge on any atom is 0.200 e. The molecular formula is C19H15N7. The van der Waals surface area contributed by atoms with Crippen molar-refractivity contribution in [3.05, 3.63) is 60.2 Å². The lowest BCUT2D eigenvalue weighted by molar-refractivity contribution is 0.889. The number of nitrogens with one attached hydrogen (secondary N) is 1. The van der Waals surface area contributed by atoms with Crippen LogP contribution in [0.5, 0.6) is 0 Å². The van der Waals surface area contributed by atoms with Crippen molar-refractivity contribution in [1.29, 1.82) is 0 Å². The number of aryl methyl sites for hydroxylation is 2. The van der Waals surface area contributed by atoms with E-state index in [1.807, 2.05) is 50.2 Å². The Bertz CT molecular complexity index is 1210. The second-order valence-electron chi connectivity index (χ2n) is 6.19. The Balaban J connectivity index is 1.64. The van der Waals surface area contributed by atoms with Crippen LogP contribution in [-0.4, -0.2) is 34.5 Å². The molecule has 0 saturated carbocycles. The first kappa shape index (κ1) is 14.7. The van der Waals surface area contributed by atoms with Crippen LogP contribution in [0.1, 0.15) is 11.4 Å². The van der Waals surface area contributed by atoms with Gasteiger partial charge in [-0.2, -0.15) is 0 Å². The van der Waals surface area contributed by atoms with Crippen LogP contribution >= 0.6 is 0 Å². The van der Waals surface area contributed by atoms with E-state index in [4.69, 9.17) is 0 Å². The monoisotopic (exact) mass is 341 g/mol. The standard InChI is InChI=1S/C19H15N7/c1-11-9-20-12(2)19-24-18(25-26(11)19)15-8-14-16(10-21-15)23-17(22-14)13-6-4-3-5-7-13/h3-10H,1-2H3,(H,22,23). The molecule has 5 aromatic rings. The van der Waals surface area contributed by atoms with Gasteiger partial charge in [0.1, 0.15) is 11.5 Å². The van der Waals surface area contributed by atoms with Crippen LogP contribution in [0.4, 0.5) is 0 Å². The van der Waals surface area contributed by atoms with Crippen molar-refractivity contribution >= 4 is 16.7 Å². The summed E-state index contributed by atoms with van der Waals surface area (Å²) in [5.74, 6) is 1.38. The number of hydrogen-bond acceptors (Lipinski definition) is 5. The molecule has 0 saturated heterocycles. The molecule has 7 heteroatoms. The molecule has 26 heavy (non-hydrogen) atoms. The Hall–Kier alpha value is -3.61. The summed E-state index contributed by atoms with van der Waals surface area (Å²) in [6.45, 7) is 3.87. The first-order valence-corrected chi connectivity index (χ1v) is 8.29. The van der Waals surface area contributed by atoms with E-state index in [-0.39, 0.29) is 0 Å². The molecule has 0 atom stereocenters. The molecule has 4 heterocycles. The van der Waals surface area contributed by atoms with E-state index in [0.29, 0.717) is 11.5 Å². The Morgan fingerprint density at radius 2 is 1.81 bits per heavy atom.